The largest absolute Gasteiger partial charge is 0.312 e. The molecule has 1 aromatic carbocycles. The van der Waals surface area contributed by atoms with Gasteiger partial charge < -0.3 is 5.32 Å². The summed E-state index contributed by atoms with van der Waals surface area (Å²) in [6.07, 6.45) is 3.45. The molecule has 1 aromatic heterocycles. The van der Waals surface area contributed by atoms with Gasteiger partial charge >= 0.3 is 0 Å². The summed E-state index contributed by atoms with van der Waals surface area (Å²) < 4.78 is 0. The average Bonchev–Trinajstić information content (AvgIpc) is 2.97. The molecule has 1 N–H and O–H groups in total. The fourth-order valence-electron chi connectivity index (χ4n) is 2.83. The maximum Gasteiger partial charge on any atom is 0.0453 e. The standard InChI is InChI=1S/C18H23NS2/c1-3-13-4-6-14(7-5-13)10-16(19-2)18-11-15-12-20-9-8-17(15)21-18/h4-7,11,16,19H,3,8-10,12H2,1-2H3. The minimum absolute atomic E-state index is 0.443. The van der Waals surface area contributed by atoms with Gasteiger partial charge in [0, 0.05) is 21.5 Å². The van der Waals surface area contributed by atoms with E-state index in [2.05, 4.69) is 61.4 Å². The molecule has 1 unspecified atom stereocenters. The molecule has 2 heterocycles. The van der Waals surface area contributed by atoms with Gasteiger partial charge in [0.25, 0.3) is 0 Å². The molecule has 0 radical (unpaired) electrons. The van der Waals surface area contributed by atoms with Crippen LogP contribution in [0.5, 0.6) is 0 Å². The number of thiophene rings is 1. The van der Waals surface area contributed by atoms with Crippen LogP contribution in [0.1, 0.15) is 39.4 Å². The number of fused-ring (bicyclic) bond motifs is 1. The lowest BCUT2D eigenvalue weighted by atomic mass is 10.0. The van der Waals surface area contributed by atoms with Crippen LogP contribution >= 0.6 is 23.1 Å². The van der Waals surface area contributed by atoms with Gasteiger partial charge in [0.2, 0.25) is 0 Å². The Morgan fingerprint density at radius 3 is 2.62 bits per heavy atom. The number of nitrogens with one attached hydrogen (secondary N) is 1. The van der Waals surface area contributed by atoms with Gasteiger partial charge in [0.15, 0.2) is 0 Å². The second-order valence-electron chi connectivity index (χ2n) is 5.62. The van der Waals surface area contributed by atoms with Crippen molar-refractivity contribution in [2.75, 3.05) is 12.8 Å². The molecule has 1 nitrogen and oxygen atoms in total. The Labute approximate surface area is 136 Å². The average molecular weight is 318 g/mol. The highest BCUT2D eigenvalue weighted by atomic mass is 32.2. The van der Waals surface area contributed by atoms with Crippen LogP contribution in [0.25, 0.3) is 0 Å². The molecule has 0 bridgehead atoms. The summed E-state index contributed by atoms with van der Waals surface area (Å²) in [7, 11) is 2.08. The molecular formula is C18H23NS2. The van der Waals surface area contributed by atoms with E-state index < -0.39 is 0 Å². The Morgan fingerprint density at radius 2 is 1.95 bits per heavy atom. The van der Waals surface area contributed by atoms with Crippen LogP contribution in [0.2, 0.25) is 0 Å². The molecule has 1 aliphatic rings. The van der Waals surface area contributed by atoms with Crippen molar-refractivity contribution in [2.24, 2.45) is 0 Å². The maximum absolute atomic E-state index is 3.51. The van der Waals surface area contributed by atoms with Gasteiger partial charge in [-0.3, -0.25) is 0 Å². The number of aryl methyl sites for hydroxylation is 2. The van der Waals surface area contributed by atoms with E-state index in [4.69, 9.17) is 0 Å². The highest BCUT2D eigenvalue weighted by molar-refractivity contribution is 7.98. The molecule has 0 spiro atoms. The molecule has 0 amide bonds. The minimum Gasteiger partial charge on any atom is -0.312 e. The van der Waals surface area contributed by atoms with Gasteiger partial charge in [-0.05, 0) is 54.8 Å². The third-order valence-electron chi connectivity index (χ3n) is 4.21. The van der Waals surface area contributed by atoms with Crippen LogP contribution in [0, 0.1) is 0 Å². The fourth-order valence-corrected chi connectivity index (χ4v) is 5.32. The number of hydrogen-bond acceptors (Lipinski definition) is 3. The fraction of sp³-hybridized carbons (Fsp3) is 0.444. The van der Waals surface area contributed by atoms with E-state index in [0.717, 1.165) is 12.8 Å². The molecule has 0 aliphatic carbocycles. The van der Waals surface area contributed by atoms with E-state index in [9.17, 15) is 0 Å². The normalized spacial score (nSPS) is 15.7. The smallest absolute Gasteiger partial charge is 0.0453 e. The van der Waals surface area contributed by atoms with Crippen LogP contribution in [0.15, 0.2) is 30.3 Å². The van der Waals surface area contributed by atoms with E-state index in [0.29, 0.717) is 6.04 Å². The first kappa shape index (κ1) is 15.1. The van der Waals surface area contributed by atoms with E-state index in [-0.39, 0.29) is 0 Å². The number of benzene rings is 1. The Morgan fingerprint density at radius 1 is 1.19 bits per heavy atom. The number of hydrogen-bond donors (Lipinski definition) is 1. The summed E-state index contributed by atoms with van der Waals surface area (Å²) in [4.78, 5) is 3.12. The summed E-state index contributed by atoms with van der Waals surface area (Å²) in [6.45, 7) is 2.21. The molecular weight excluding hydrogens is 294 g/mol. The van der Waals surface area contributed by atoms with Gasteiger partial charge in [-0.2, -0.15) is 11.8 Å². The van der Waals surface area contributed by atoms with E-state index in [1.165, 1.54) is 33.9 Å². The zero-order valence-electron chi connectivity index (χ0n) is 12.8. The van der Waals surface area contributed by atoms with Crippen molar-refractivity contribution in [3.63, 3.8) is 0 Å². The predicted molar refractivity (Wildman–Crippen MR) is 95.5 cm³/mol. The number of rotatable bonds is 5. The molecule has 0 saturated carbocycles. The Balaban J connectivity index is 1.76. The molecule has 2 aromatic rings. The molecule has 1 atom stereocenters. The van der Waals surface area contributed by atoms with Crippen molar-refractivity contribution in [3.8, 4) is 0 Å². The number of thioether (sulfide) groups is 1. The van der Waals surface area contributed by atoms with E-state index in [1.54, 1.807) is 10.4 Å². The third-order valence-corrected chi connectivity index (χ3v) is 6.57. The predicted octanol–water partition coefficient (Wildman–Crippen LogP) is 4.60. The highest BCUT2D eigenvalue weighted by Gasteiger charge is 2.18. The van der Waals surface area contributed by atoms with Crippen molar-refractivity contribution in [1.29, 1.82) is 0 Å². The van der Waals surface area contributed by atoms with Gasteiger partial charge in [0.1, 0.15) is 0 Å². The summed E-state index contributed by atoms with van der Waals surface area (Å²) in [6, 6.07) is 12.0. The zero-order valence-corrected chi connectivity index (χ0v) is 14.4. The van der Waals surface area contributed by atoms with Crippen molar-refractivity contribution in [2.45, 2.75) is 38.0 Å². The van der Waals surface area contributed by atoms with Crippen molar-refractivity contribution >= 4 is 23.1 Å². The van der Waals surface area contributed by atoms with Crippen molar-refractivity contribution in [3.05, 3.63) is 56.8 Å². The van der Waals surface area contributed by atoms with Crippen LogP contribution in [0.4, 0.5) is 0 Å². The minimum atomic E-state index is 0.443. The van der Waals surface area contributed by atoms with E-state index in [1.807, 2.05) is 11.3 Å². The first-order valence-corrected chi connectivity index (χ1v) is 9.71. The summed E-state index contributed by atoms with van der Waals surface area (Å²) in [5.74, 6) is 2.49. The Kier molecular flexibility index (Phi) is 5.04. The van der Waals surface area contributed by atoms with Crippen LogP contribution in [-0.4, -0.2) is 12.8 Å². The number of likely N-dealkylation sites (N-methyl/N-ethyl adjacent to an activating group) is 1. The van der Waals surface area contributed by atoms with Gasteiger partial charge in [-0.15, -0.1) is 11.3 Å². The second-order valence-corrected chi connectivity index (χ2v) is 7.89. The third kappa shape index (κ3) is 3.53. The summed E-state index contributed by atoms with van der Waals surface area (Å²) in [5, 5.41) is 3.51. The molecule has 112 valence electrons. The first-order valence-electron chi connectivity index (χ1n) is 7.74. The SMILES string of the molecule is CCc1ccc(CC(NC)c2cc3c(s2)CCSC3)cc1. The maximum atomic E-state index is 3.51. The van der Waals surface area contributed by atoms with Gasteiger partial charge in [0.05, 0.1) is 0 Å². The van der Waals surface area contributed by atoms with Crippen LogP contribution in [0.3, 0.4) is 0 Å². The molecule has 0 fully saturated rings. The summed E-state index contributed by atoms with van der Waals surface area (Å²) in [5.41, 5.74) is 4.42. The molecule has 1 aliphatic heterocycles. The van der Waals surface area contributed by atoms with Gasteiger partial charge in [-0.1, -0.05) is 31.2 Å². The van der Waals surface area contributed by atoms with Gasteiger partial charge in [-0.25, -0.2) is 0 Å². The zero-order chi connectivity index (χ0) is 14.7. The van der Waals surface area contributed by atoms with Crippen molar-refractivity contribution in [1.82, 2.24) is 5.32 Å². The van der Waals surface area contributed by atoms with Crippen molar-refractivity contribution < 1.29 is 0 Å². The quantitative estimate of drug-likeness (QED) is 0.865. The summed E-state index contributed by atoms with van der Waals surface area (Å²) >= 11 is 4.08. The molecule has 21 heavy (non-hydrogen) atoms. The monoisotopic (exact) mass is 317 g/mol. The molecule has 3 rings (SSSR count). The van der Waals surface area contributed by atoms with Crippen LogP contribution in [-0.2, 0) is 25.0 Å². The van der Waals surface area contributed by atoms with E-state index >= 15 is 0 Å². The topological polar surface area (TPSA) is 12.0 Å². The lowest BCUT2D eigenvalue weighted by Crippen LogP contribution is -2.17. The Hall–Kier alpha value is -0.770. The van der Waals surface area contributed by atoms with Crippen LogP contribution < -0.4 is 5.32 Å². The molecule has 3 heteroatoms. The second kappa shape index (κ2) is 6.99. The Bertz CT molecular complexity index is 562. The lowest BCUT2D eigenvalue weighted by molar-refractivity contribution is 0.602. The lowest BCUT2D eigenvalue weighted by Gasteiger charge is -2.15. The molecule has 0 saturated heterocycles. The first-order chi connectivity index (χ1) is 10.3. The highest BCUT2D eigenvalue weighted by Crippen LogP contribution is 2.35.